The predicted molar refractivity (Wildman–Crippen MR) is 119 cm³/mol. The highest BCUT2D eigenvalue weighted by molar-refractivity contribution is 5.64. The summed E-state index contributed by atoms with van der Waals surface area (Å²) in [6.45, 7) is 2.77. The molecule has 2 N–H and O–H groups in total. The quantitative estimate of drug-likeness (QED) is 0.319. The molecule has 0 aliphatic rings. The number of aromatic nitrogens is 6. The predicted octanol–water partition coefficient (Wildman–Crippen LogP) is 5.54. The molecule has 4 aromatic heterocycles. The minimum absolute atomic E-state index is 0.0199. The van der Waals surface area contributed by atoms with E-state index in [0.717, 1.165) is 36.7 Å². The Morgan fingerprint density at radius 2 is 1.45 bits per heavy atom. The van der Waals surface area contributed by atoms with Crippen molar-refractivity contribution < 1.29 is 35.8 Å². The second kappa shape index (κ2) is 9.55. The Labute approximate surface area is 209 Å². The fourth-order valence-corrected chi connectivity index (χ4v) is 3.12. The van der Waals surface area contributed by atoms with Crippen LogP contribution in [0.2, 0.25) is 0 Å². The molecule has 0 atom stereocenters. The number of alkyl halides is 6. The van der Waals surface area contributed by atoms with Crippen molar-refractivity contribution in [2.45, 2.75) is 31.8 Å². The molecular formula is C23H16F7N7O. The summed E-state index contributed by atoms with van der Waals surface area (Å²) in [6.07, 6.45) is -7.89. The molecule has 0 spiro atoms. The first kappa shape index (κ1) is 26.8. The summed E-state index contributed by atoms with van der Waals surface area (Å²) in [7, 11) is 0. The minimum Gasteiger partial charge on any atom is -0.384 e. The van der Waals surface area contributed by atoms with Gasteiger partial charge in [0.15, 0.2) is 17.5 Å². The number of nitrogens with one attached hydrogen (secondary N) is 1. The number of nitrogens with zero attached hydrogens (tertiary/aromatic N) is 6. The lowest BCUT2D eigenvalue weighted by Gasteiger charge is -2.17. The van der Waals surface area contributed by atoms with Gasteiger partial charge < -0.3 is 10.4 Å². The van der Waals surface area contributed by atoms with Crippen LogP contribution in [0, 0.1) is 5.82 Å². The average Bonchev–Trinajstić information content (AvgIpc) is 2.82. The third-order valence-corrected chi connectivity index (χ3v) is 4.93. The van der Waals surface area contributed by atoms with E-state index >= 15 is 0 Å². The van der Waals surface area contributed by atoms with E-state index in [-0.39, 0.29) is 22.6 Å². The zero-order valence-electron chi connectivity index (χ0n) is 19.4. The molecule has 0 aliphatic carbocycles. The summed E-state index contributed by atoms with van der Waals surface area (Å²) in [6, 6.07) is 5.90. The van der Waals surface area contributed by atoms with Gasteiger partial charge in [-0.05, 0) is 44.2 Å². The van der Waals surface area contributed by atoms with Crippen LogP contribution in [0.5, 0.6) is 0 Å². The number of hydrogen-bond acceptors (Lipinski definition) is 8. The summed E-state index contributed by atoms with van der Waals surface area (Å²) in [5, 5.41) is 12.8. The van der Waals surface area contributed by atoms with E-state index in [1.807, 2.05) is 0 Å². The molecule has 0 fully saturated rings. The van der Waals surface area contributed by atoms with Crippen molar-refractivity contribution in [2.75, 3.05) is 5.32 Å². The normalized spacial score (nSPS) is 12.5. The molecule has 0 amide bonds. The van der Waals surface area contributed by atoms with Crippen LogP contribution in [0.4, 0.5) is 42.4 Å². The highest BCUT2D eigenvalue weighted by Gasteiger charge is 2.34. The lowest BCUT2D eigenvalue weighted by atomic mass is 10.0. The van der Waals surface area contributed by atoms with Crippen molar-refractivity contribution in [3.63, 3.8) is 0 Å². The number of hydrogen-bond donors (Lipinski definition) is 2. The molecule has 4 rings (SSSR count). The lowest BCUT2D eigenvalue weighted by molar-refractivity contribution is -0.141. The molecule has 4 aromatic rings. The maximum absolute atomic E-state index is 14.8. The van der Waals surface area contributed by atoms with Gasteiger partial charge in [0.2, 0.25) is 5.95 Å². The maximum atomic E-state index is 14.8. The Morgan fingerprint density at radius 1 is 0.763 bits per heavy atom. The lowest BCUT2D eigenvalue weighted by Crippen LogP contribution is -2.18. The summed E-state index contributed by atoms with van der Waals surface area (Å²) >= 11 is 0. The number of pyridine rings is 3. The van der Waals surface area contributed by atoms with Crippen LogP contribution in [-0.4, -0.2) is 35.0 Å². The van der Waals surface area contributed by atoms with E-state index in [1.54, 1.807) is 0 Å². The second-order valence-electron chi connectivity index (χ2n) is 8.37. The largest absolute Gasteiger partial charge is 0.433 e. The van der Waals surface area contributed by atoms with E-state index in [4.69, 9.17) is 0 Å². The monoisotopic (exact) mass is 539 g/mol. The van der Waals surface area contributed by atoms with Gasteiger partial charge in [0, 0.05) is 11.9 Å². The second-order valence-corrected chi connectivity index (χ2v) is 8.37. The van der Waals surface area contributed by atoms with Crippen molar-refractivity contribution in [3.8, 4) is 22.9 Å². The molecule has 8 nitrogen and oxygen atoms in total. The first-order valence-corrected chi connectivity index (χ1v) is 10.6. The molecule has 4 heterocycles. The van der Waals surface area contributed by atoms with E-state index in [2.05, 4.69) is 35.2 Å². The first-order chi connectivity index (χ1) is 17.6. The number of anilines is 2. The average molecular weight is 539 g/mol. The number of halogens is 7. The molecule has 0 bridgehead atoms. The Bertz CT molecular complexity index is 1480. The van der Waals surface area contributed by atoms with E-state index in [9.17, 15) is 35.8 Å². The fraction of sp³-hybridized carbons (Fsp3) is 0.217. The molecule has 0 saturated carbocycles. The van der Waals surface area contributed by atoms with Crippen molar-refractivity contribution in [1.29, 1.82) is 0 Å². The molecule has 198 valence electrons. The SMILES string of the molecule is CC(C)(O)c1cc(-c2nc(Nc3ccnc(C(F)(F)F)c3)nc(-c3cccc(C(F)(F)F)n3)n2)c(F)cn1. The van der Waals surface area contributed by atoms with Gasteiger partial charge in [0.1, 0.15) is 22.7 Å². The minimum atomic E-state index is -4.79. The highest BCUT2D eigenvalue weighted by Crippen LogP contribution is 2.32. The number of rotatable bonds is 5. The highest BCUT2D eigenvalue weighted by atomic mass is 19.4. The van der Waals surface area contributed by atoms with Gasteiger partial charge >= 0.3 is 12.4 Å². The van der Waals surface area contributed by atoms with Crippen LogP contribution < -0.4 is 5.32 Å². The summed E-state index contributed by atoms with van der Waals surface area (Å²) < 4.78 is 93.7. The van der Waals surface area contributed by atoms with Crippen molar-refractivity contribution in [1.82, 2.24) is 29.9 Å². The Morgan fingerprint density at radius 3 is 2.11 bits per heavy atom. The van der Waals surface area contributed by atoms with Gasteiger partial charge in [-0.25, -0.2) is 14.4 Å². The first-order valence-electron chi connectivity index (χ1n) is 10.6. The van der Waals surface area contributed by atoms with Gasteiger partial charge in [-0.2, -0.15) is 36.3 Å². The van der Waals surface area contributed by atoms with Crippen LogP contribution in [0.25, 0.3) is 22.9 Å². The van der Waals surface area contributed by atoms with E-state index < -0.39 is 52.8 Å². The summed E-state index contributed by atoms with van der Waals surface area (Å²) in [5.41, 5.74) is -4.81. The topological polar surface area (TPSA) is 110 Å². The molecule has 38 heavy (non-hydrogen) atoms. The standard InChI is InChI=1S/C23H16F7N7O/c1-21(2,38)16-9-12(13(24)10-32-16)18-35-19(14-4-3-5-15(34-14)22(25,26)27)37-20(36-18)33-11-6-7-31-17(8-11)23(28,29)30/h3-10,38H,1-2H3,(H,31,33,35,36,37). The molecular weight excluding hydrogens is 523 g/mol. The maximum Gasteiger partial charge on any atom is 0.433 e. The fourth-order valence-electron chi connectivity index (χ4n) is 3.12. The van der Waals surface area contributed by atoms with Crippen LogP contribution in [-0.2, 0) is 18.0 Å². The van der Waals surface area contributed by atoms with Gasteiger partial charge in [-0.3, -0.25) is 9.97 Å². The van der Waals surface area contributed by atoms with Crippen molar-refractivity contribution in [3.05, 3.63) is 71.7 Å². The Balaban J connectivity index is 1.88. The Kier molecular flexibility index (Phi) is 6.73. The Hall–Kier alpha value is -4.27. The van der Waals surface area contributed by atoms with E-state index in [0.29, 0.717) is 6.07 Å². The third-order valence-electron chi connectivity index (χ3n) is 4.93. The van der Waals surface area contributed by atoms with Crippen molar-refractivity contribution >= 4 is 11.6 Å². The van der Waals surface area contributed by atoms with Crippen LogP contribution >= 0.6 is 0 Å². The van der Waals surface area contributed by atoms with Crippen LogP contribution in [0.15, 0.2) is 48.8 Å². The summed E-state index contributed by atoms with van der Waals surface area (Å²) in [4.78, 5) is 22.6. The van der Waals surface area contributed by atoms with Crippen LogP contribution in [0.3, 0.4) is 0 Å². The molecule has 15 heteroatoms. The molecule has 0 unspecified atom stereocenters. The van der Waals surface area contributed by atoms with Gasteiger partial charge in [0.25, 0.3) is 0 Å². The molecule has 0 radical (unpaired) electrons. The summed E-state index contributed by atoms with van der Waals surface area (Å²) in [5.74, 6) is -2.21. The molecule has 0 saturated heterocycles. The van der Waals surface area contributed by atoms with Crippen LogP contribution in [0.1, 0.15) is 30.9 Å². The van der Waals surface area contributed by atoms with E-state index in [1.165, 1.54) is 19.9 Å². The molecule has 0 aromatic carbocycles. The van der Waals surface area contributed by atoms with Gasteiger partial charge in [0.05, 0.1) is 17.5 Å². The smallest absolute Gasteiger partial charge is 0.384 e. The third kappa shape index (κ3) is 5.99. The van der Waals surface area contributed by atoms with Crippen molar-refractivity contribution in [2.24, 2.45) is 0 Å². The number of aliphatic hydroxyl groups is 1. The zero-order valence-corrected chi connectivity index (χ0v) is 19.4. The zero-order chi connectivity index (χ0) is 27.9. The molecule has 0 aliphatic heterocycles. The van der Waals surface area contributed by atoms with Gasteiger partial charge in [-0.1, -0.05) is 6.07 Å². The van der Waals surface area contributed by atoms with Gasteiger partial charge in [-0.15, -0.1) is 0 Å².